The molecule has 4 nitrogen and oxygen atoms in total. The number of hydrogen-bond acceptors (Lipinski definition) is 5. The molecule has 0 aliphatic carbocycles. The third kappa shape index (κ3) is 2.63. The minimum absolute atomic E-state index is 0.412. The Balaban J connectivity index is 2.29. The number of benzene rings is 1. The lowest BCUT2D eigenvalue weighted by molar-refractivity contribution is 0.415. The van der Waals surface area contributed by atoms with Crippen molar-refractivity contribution in [3.63, 3.8) is 0 Å². The molecule has 0 saturated heterocycles. The molecular formula is C14H11BrClN3OS. The van der Waals surface area contributed by atoms with Gasteiger partial charge in [0, 0.05) is 10.5 Å². The fraction of sp³-hybridized carbons (Fsp3) is 0.214. The highest BCUT2D eigenvalue weighted by atomic mass is 79.9. The van der Waals surface area contributed by atoms with Gasteiger partial charge in [0.1, 0.15) is 10.9 Å². The van der Waals surface area contributed by atoms with Crippen LogP contribution in [0.25, 0.3) is 21.6 Å². The van der Waals surface area contributed by atoms with Crippen LogP contribution in [0.15, 0.2) is 16.6 Å². The van der Waals surface area contributed by atoms with E-state index < -0.39 is 0 Å². The average Bonchev–Trinajstić information content (AvgIpc) is 2.76. The molecule has 2 heterocycles. The van der Waals surface area contributed by atoms with Crippen molar-refractivity contribution in [2.75, 3.05) is 7.11 Å². The van der Waals surface area contributed by atoms with E-state index in [9.17, 15) is 0 Å². The van der Waals surface area contributed by atoms with Gasteiger partial charge in [-0.3, -0.25) is 0 Å². The van der Waals surface area contributed by atoms with Gasteiger partial charge in [0.25, 0.3) is 0 Å². The van der Waals surface area contributed by atoms with Gasteiger partial charge in [0.2, 0.25) is 0 Å². The first-order valence-corrected chi connectivity index (χ1v) is 8.13. The Morgan fingerprint density at radius 2 is 1.95 bits per heavy atom. The number of aromatic nitrogens is 3. The van der Waals surface area contributed by atoms with Crippen LogP contribution in [0, 0.1) is 13.8 Å². The number of halogens is 2. The van der Waals surface area contributed by atoms with Gasteiger partial charge in [-0.25, -0.2) is 15.0 Å². The zero-order chi connectivity index (χ0) is 15.1. The molecule has 0 aliphatic heterocycles. The van der Waals surface area contributed by atoms with Gasteiger partial charge in [0.15, 0.2) is 5.82 Å². The molecular weight excluding hydrogens is 374 g/mol. The SMILES string of the molecule is COc1cc(Br)c2c(Cl)nc(-c3sc(C)nc3C)nc2c1. The molecule has 108 valence electrons. The van der Waals surface area contributed by atoms with Gasteiger partial charge >= 0.3 is 0 Å². The van der Waals surface area contributed by atoms with Crippen molar-refractivity contribution in [3.05, 3.63) is 32.5 Å². The largest absolute Gasteiger partial charge is 0.497 e. The molecule has 0 atom stereocenters. The molecule has 0 unspecified atom stereocenters. The lowest BCUT2D eigenvalue weighted by Crippen LogP contribution is -1.94. The summed E-state index contributed by atoms with van der Waals surface area (Å²) in [6.45, 7) is 3.91. The standard InChI is InChI=1S/C14H11BrClN3OS/c1-6-12(21-7(2)17-6)14-18-10-5-8(20-3)4-9(15)11(10)13(16)19-14/h4-5H,1-3H3. The van der Waals surface area contributed by atoms with Gasteiger partial charge in [-0.15, -0.1) is 11.3 Å². The molecule has 0 N–H and O–H groups in total. The zero-order valence-electron chi connectivity index (χ0n) is 11.6. The summed E-state index contributed by atoms with van der Waals surface area (Å²) in [6.07, 6.45) is 0. The van der Waals surface area contributed by atoms with Crippen LogP contribution in [0.4, 0.5) is 0 Å². The maximum Gasteiger partial charge on any atom is 0.173 e. The molecule has 7 heteroatoms. The van der Waals surface area contributed by atoms with E-state index in [-0.39, 0.29) is 0 Å². The number of rotatable bonds is 2. The van der Waals surface area contributed by atoms with Crippen LogP contribution in [0.3, 0.4) is 0 Å². The summed E-state index contributed by atoms with van der Waals surface area (Å²) in [6, 6.07) is 3.69. The number of ether oxygens (including phenoxy) is 1. The molecule has 1 aromatic carbocycles. The summed E-state index contributed by atoms with van der Waals surface area (Å²) in [4.78, 5) is 14.4. The van der Waals surface area contributed by atoms with Gasteiger partial charge in [-0.05, 0) is 35.8 Å². The number of thiazole rings is 1. The minimum atomic E-state index is 0.412. The first-order chi connectivity index (χ1) is 9.99. The first-order valence-electron chi connectivity index (χ1n) is 6.14. The average molecular weight is 385 g/mol. The number of aryl methyl sites for hydroxylation is 2. The Morgan fingerprint density at radius 3 is 2.57 bits per heavy atom. The first kappa shape index (κ1) is 14.7. The van der Waals surface area contributed by atoms with Gasteiger partial charge in [-0.2, -0.15) is 0 Å². The molecule has 3 rings (SSSR count). The highest BCUT2D eigenvalue weighted by Crippen LogP contribution is 2.35. The minimum Gasteiger partial charge on any atom is -0.497 e. The molecule has 0 aliphatic rings. The maximum absolute atomic E-state index is 6.33. The predicted octanol–water partition coefficient (Wildman–Crippen LogP) is 4.79. The van der Waals surface area contributed by atoms with Gasteiger partial charge in [-0.1, -0.05) is 11.6 Å². The van der Waals surface area contributed by atoms with E-state index in [1.807, 2.05) is 26.0 Å². The number of nitrogens with zero attached hydrogens (tertiary/aromatic N) is 3. The van der Waals surface area contributed by atoms with Crippen LogP contribution >= 0.6 is 38.9 Å². The summed E-state index contributed by atoms with van der Waals surface area (Å²) in [5, 5.41) is 2.17. The topological polar surface area (TPSA) is 47.9 Å². The summed E-state index contributed by atoms with van der Waals surface area (Å²) in [7, 11) is 1.62. The Kier molecular flexibility index (Phi) is 3.86. The van der Waals surface area contributed by atoms with E-state index in [2.05, 4.69) is 30.9 Å². The van der Waals surface area contributed by atoms with E-state index >= 15 is 0 Å². The molecule has 0 saturated carbocycles. The Hall–Kier alpha value is -1.24. The van der Waals surface area contributed by atoms with Crippen molar-refractivity contribution >= 4 is 49.8 Å². The second kappa shape index (κ2) is 5.51. The van der Waals surface area contributed by atoms with Gasteiger partial charge < -0.3 is 4.74 Å². The molecule has 0 fully saturated rings. The van der Waals surface area contributed by atoms with Crippen LogP contribution in [0.2, 0.25) is 5.15 Å². The third-order valence-corrected chi connectivity index (χ3v) is 4.99. The predicted molar refractivity (Wildman–Crippen MR) is 89.4 cm³/mol. The van der Waals surface area contributed by atoms with Crippen LogP contribution in [-0.4, -0.2) is 22.1 Å². The fourth-order valence-electron chi connectivity index (χ4n) is 2.11. The molecule has 0 radical (unpaired) electrons. The van der Waals surface area contributed by atoms with E-state index in [0.717, 1.165) is 31.0 Å². The van der Waals surface area contributed by atoms with Crippen LogP contribution in [-0.2, 0) is 0 Å². The smallest absolute Gasteiger partial charge is 0.173 e. The quantitative estimate of drug-likeness (QED) is 0.596. The van der Waals surface area contributed by atoms with E-state index in [1.54, 1.807) is 18.4 Å². The molecule has 2 aromatic heterocycles. The molecule has 0 spiro atoms. The van der Waals surface area contributed by atoms with E-state index in [1.165, 1.54) is 0 Å². The molecule has 3 aromatic rings. The van der Waals surface area contributed by atoms with Gasteiger partial charge in [0.05, 0.1) is 33.6 Å². The van der Waals surface area contributed by atoms with E-state index in [0.29, 0.717) is 16.7 Å². The van der Waals surface area contributed by atoms with Crippen molar-refractivity contribution in [2.45, 2.75) is 13.8 Å². The lowest BCUT2D eigenvalue weighted by atomic mass is 10.2. The van der Waals surface area contributed by atoms with E-state index in [4.69, 9.17) is 16.3 Å². The second-order valence-electron chi connectivity index (χ2n) is 4.49. The number of methoxy groups -OCH3 is 1. The second-order valence-corrected chi connectivity index (χ2v) is 6.90. The highest BCUT2D eigenvalue weighted by Gasteiger charge is 2.15. The third-order valence-electron chi connectivity index (χ3n) is 3.02. The molecule has 0 bridgehead atoms. The Labute approximate surface area is 139 Å². The normalized spacial score (nSPS) is 11.1. The Bertz CT molecular complexity index is 850. The van der Waals surface area contributed by atoms with Crippen molar-refractivity contribution < 1.29 is 4.74 Å². The summed E-state index contributed by atoms with van der Waals surface area (Å²) < 4.78 is 6.08. The maximum atomic E-state index is 6.33. The zero-order valence-corrected chi connectivity index (χ0v) is 14.7. The van der Waals surface area contributed by atoms with Crippen LogP contribution in [0.5, 0.6) is 5.75 Å². The molecule has 0 amide bonds. The van der Waals surface area contributed by atoms with Crippen molar-refractivity contribution in [3.8, 4) is 16.5 Å². The highest BCUT2D eigenvalue weighted by molar-refractivity contribution is 9.10. The monoisotopic (exact) mass is 383 g/mol. The van der Waals surface area contributed by atoms with Crippen molar-refractivity contribution in [1.29, 1.82) is 0 Å². The van der Waals surface area contributed by atoms with Crippen LogP contribution < -0.4 is 4.74 Å². The van der Waals surface area contributed by atoms with Crippen LogP contribution in [0.1, 0.15) is 10.7 Å². The summed E-state index contributed by atoms with van der Waals surface area (Å²) in [5.74, 6) is 1.31. The number of hydrogen-bond donors (Lipinski definition) is 0. The van der Waals surface area contributed by atoms with Crippen molar-refractivity contribution in [1.82, 2.24) is 15.0 Å². The summed E-state index contributed by atoms with van der Waals surface area (Å²) >= 11 is 11.4. The lowest BCUT2D eigenvalue weighted by Gasteiger charge is -2.08. The van der Waals surface area contributed by atoms with Crippen molar-refractivity contribution in [2.24, 2.45) is 0 Å². The fourth-order valence-corrected chi connectivity index (χ4v) is 3.97. The Morgan fingerprint density at radius 1 is 1.19 bits per heavy atom. The number of fused-ring (bicyclic) bond motifs is 1. The summed E-state index contributed by atoms with van der Waals surface area (Å²) in [5.41, 5.74) is 1.65. The molecule has 21 heavy (non-hydrogen) atoms.